The van der Waals surface area contributed by atoms with Gasteiger partial charge in [-0.25, -0.2) is 0 Å². The second kappa shape index (κ2) is 3.24. The molecular weight excluding hydrogens is 140 g/mol. The monoisotopic (exact) mass is 150 g/mol. The van der Waals surface area contributed by atoms with Crippen molar-refractivity contribution in [1.29, 1.82) is 0 Å². The Kier molecular flexibility index (Phi) is 2.92. The zero-order valence-electron chi connectivity index (χ0n) is 6.49. The standard InChI is InChI=1S/C8H10OSi/c1-5-10(3,4)7-6-8(2)9/h1H,2-4H3. The molecule has 0 aromatic heterocycles. The third-order valence-corrected chi connectivity index (χ3v) is 2.38. The lowest BCUT2D eigenvalue weighted by Gasteiger charge is -2.01. The fraction of sp³-hybridized carbons (Fsp3) is 0.375. The second-order valence-corrected chi connectivity index (χ2v) is 6.36. The lowest BCUT2D eigenvalue weighted by atomic mass is 10.5. The molecule has 0 fully saturated rings. The van der Waals surface area contributed by atoms with Crippen molar-refractivity contribution < 1.29 is 4.79 Å². The number of hydrogen-bond acceptors (Lipinski definition) is 1. The van der Waals surface area contributed by atoms with Crippen molar-refractivity contribution in [3.05, 3.63) is 0 Å². The van der Waals surface area contributed by atoms with Crippen LogP contribution in [0.25, 0.3) is 0 Å². The molecule has 0 radical (unpaired) electrons. The molecule has 0 bridgehead atoms. The van der Waals surface area contributed by atoms with Crippen LogP contribution in [0, 0.1) is 23.4 Å². The zero-order chi connectivity index (χ0) is 8.20. The largest absolute Gasteiger partial charge is 0.285 e. The topological polar surface area (TPSA) is 17.1 Å². The molecule has 0 aromatic carbocycles. The van der Waals surface area contributed by atoms with Gasteiger partial charge in [-0.3, -0.25) is 4.79 Å². The highest BCUT2D eigenvalue weighted by atomic mass is 28.3. The highest BCUT2D eigenvalue weighted by Crippen LogP contribution is 1.95. The summed E-state index contributed by atoms with van der Waals surface area (Å²) in [5.74, 6) is 2.35. The van der Waals surface area contributed by atoms with Gasteiger partial charge in [0.15, 0.2) is 0 Å². The Hall–Kier alpha value is -0.993. The molecule has 0 aliphatic heterocycles. The van der Waals surface area contributed by atoms with Crippen molar-refractivity contribution in [2.75, 3.05) is 0 Å². The summed E-state index contributed by atoms with van der Waals surface area (Å²) in [7, 11) is -1.79. The molecule has 52 valence electrons. The van der Waals surface area contributed by atoms with Crippen LogP contribution in [0.1, 0.15) is 6.92 Å². The van der Waals surface area contributed by atoms with Crippen molar-refractivity contribution in [2.24, 2.45) is 0 Å². The first-order valence-corrected chi connectivity index (χ1v) is 5.99. The Balaban J connectivity index is 4.34. The van der Waals surface area contributed by atoms with Gasteiger partial charge in [-0.05, 0) is 19.0 Å². The third-order valence-electron chi connectivity index (χ3n) is 0.912. The van der Waals surface area contributed by atoms with Gasteiger partial charge in [-0.1, -0.05) is 0 Å². The lowest BCUT2D eigenvalue weighted by molar-refractivity contribution is -0.111. The average Bonchev–Trinajstić information content (AvgIpc) is 1.85. The minimum absolute atomic E-state index is 0.115. The van der Waals surface area contributed by atoms with Gasteiger partial charge in [0.25, 0.3) is 0 Å². The van der Waals surface area contributed by atoms with Gasteiger partial charge < -0.3 is 0 Å². The molecule has 2 heteroatoms. The van der Waals surface area contributed by atoms with Crippen LogP contribution < -0.4 is 0 Å². The molecule has 0 aliphatic carbocycles. The van der Waals surface area contributed by atoms with Crippen LogP contribution in [0.4, 0.5) is 0 Å². The van der Waals surface area contributed by atoms with E-state index in [1.54, 1.807) is 0 Å². The zero-order valence-corrected chi connectivity index (χ0v) is 7.49. The van der Waals surface area contributed by atoms with Crippen LogP contribution in [0.2, 0.25) is 13.1 Å². The Morgan fingerprint density at radius 1 is 1.50 bits per heavy atom. The van der Waals surface area contributed by atoms with E-state index >= 15 is 0 Å². The van der Waals surface area contributed by atoms with Crippen LogP contribution in [-0.2, 0) is 4.79 Å². The molecule has 0 amide bonds. The summed E-state index contributed by atoms with van der Waals surface area (Å²) in [6.45, 7) is 5.31. The van der Waals surface area contributed by atoms with Crippen molar-refractivity contribution >= 4 is 13.9 Å². The molecule has 0 aliphatic rings. The lowest BCUT2D eigenvalue weighted by Crippen LogP contribution is -2.20. The quantitative estimate of drug-likeness (QED) is 0.372. The van der Waals surface area contributed by atoms with E-state index in [4.69, 9.17) is 6.42 Å². The van der Waals surface area contributed by atoms with Gasteiger partial charge in [0.2, 0.25) is 13.9 Å². The van der Waals surface area contributed by atoms with E-state index in [1.807, 2.05) is 13.1 Å². The maximum absolute atomic E-state index is 10.4. The van der Waals surface area contributed by atoms with Crippen LogP contribution >= 0.6 is 0 Å². The van der Waals surface area contributed by atoms with Crippen molar-refractivity contribution in [3.8, 4) is 23.4 Å². The number of hydrogen-bond donors (Lipinski definition) is 0. The average molecular weight is 150 g/mol. The minimum atomic E-state index is -1.79. The minimum Gasteiger partial charge on any atom is -0.285 e. The first kappa shape index (κ1) is 9.01. The second-order valence-electron chi connectivity index (χ2n) is 2.58. The fourth-order valence-electron chi connectivity index (χ4n) is 0.280. The van der Waals surface area contributed by atoms with Gasteiger partial charge in [0, 0.05) is 6.92 Å². The van der Waals surface area contributed by atoms with Crippen LogP contribution in [0.3, 0.4) is 0 Å². The van der Waals surface area contributed by atoms with Crippen molar-refractivity contribution in [3.63, 3.8) is 0 Å². The molecule has 1 nitrogen and oxygen atoms in total. The van der Waals surface area contributed by atoms with E-state index < -0.39 is 8.07 Å². The molecule has 0 aromatic rings. The maximum Gasteiger partial charge on any atom is 0.211 e. The molecule has 10 heavy (non-hydrogen) atoms. The van der Waals surface area contributed by atoms with Crippen molar-refractivity contribution in [2.45, 2.75) is 20.0 Å². The van der Waals surface area contributed by atoms with E-state index in [0.717, 1.165) is 0 Å². The van der Waals surface area contributed by atoms with E-state index in [1.165, 1.54) is 6.92 Å². The van der Waals surface area contributed by atoms with E-state index in [-0.39, 0.29) is 5.78 Å². The maximum atomic E-state index is 10.4. The highest BCUT2D eigenvalue weighted by molar-refractivity contribution is 6.92. The molecule has 0 rings (SSSR count). The van der Waals surface area contributed by atoms with Gasteiger partial charge >= 0.3 is 0 Å². The predicted octanol–water partition coefficient (Wildman–Crippen LogP) is 0.999. The summed E-state index contributed by atoms with van der Waals surface area (Å²) in [5, 5.41) is 0. The molecule has 0 saturated carbocycles. The van der Waals surface area contributed by atoms with Gasteiger partial charge in [-0.15, -0.1) is 17.5 Å². The Bertz CT molecular complexity index is 234. The Morgan fingerprint density at radius 3 is 2.30 bits per heavy atom. The number of carbonyl (C=O) groups is 1. The highest BCUT2D eigenvalue weighted by Gasteiger charge is 2.12. The van der Waals surface area contributed by atoms with Gasteiger partial charge in [0.1, 0.15) is 0 Å². The SMILES string of the molecule is C#C[Si](C)(C)C#CC(C)=O. The van der Waals surface area contributed by atoms with E-state index in [9.17, 15) is 4.79 Å². The van der Waals surface area contributed by atoms with E-state index in [2.05, 4.69) is 17.0 Å². The Morgan fingerprint density at radius 2 is 2.00 bits per heavy atom. The van der Waals surface area contributed by atoms with E-state index in [0.29, 0.717) is 0 Å². The number of Topliss-reactive ketones (excluding diaryl/α,β-unsaturated/α-hetero) is 1. The summed E-state index contributed by atoms with van der Waals surface area (Å²) < 4.78 is 0. The summed E-state index contributed by atoms with van der Waals surface area (Å²) in [6, 6.07) is 0. The smallest absolute Gasteiger partial charge is 0.211 e. The van der Waals surface area contributed by atoms with Gasteiger partial charge in [-0.2, -0.15) is 0 Å². The predicted molar refractivity (Wildman–Crippen MR) is 44.8 cm³/mol. The molecular formula is C8H10OSi. The number of rotatable bonds is 0. The number of ketones is 1. The molecule has 0 N–H and O–H groups in total. The molecule has 0 spiro atoms. The van der Waals surface area contributed by atoms with Crippen LogP contribution in [0.5, 0.6) is 0 Å². The normalized spacial score (nSPS) is 9.00. The molecule has 0 unspecified atom stereocenters. The van der Waals surface area contributed by atoms with Gasteiger partial charge in [0.05, 0.1) is 0 Å². The Labute approximate surface area is 62.8 Å². The first-order valence-electron chi connectivity index (χ1n) is 2.99. The van der Waals surface area contributed by atoms with Crippen LogP contribution in [0.15, 0.2) is 0 Å². The summed E-state index contributed by atoms with van der Waals surface area (Å²) >= 11 is 0. The summed E-state index contributed by atoms with van der Waals surface area (Å²) in [5.41, 5.74) is 5.42. The van der Waals surface area contributed by atoms with Crippen molar-refractivity contribution in [1.82, 2.24) is 0 Å². The number of terminal acetylenes is 1. The third kappa shape index (κ3) is 3.94. The summed E-state index contributed by atoms with van der Waals surface area (Å²) in [4.78, 5) is 10.4. The first-order chi connectivity index (χ1) is 4.48. The van der Waals surface area contributed by atoms with Crippen LogP contribution in [-0.4, -0.2) is 13.9 Å². The summed E-state index contributed by atoms with van der Waals surface area (Å²) in [6.07, 6.45) is 5.19. The fourth-order valence-corrected chi connectivity index (χ4v) is 0.841. The number of carbonyl (C=O) groups excluding carboxylic acids is 1. The molecule has 0 heterocycles. The molecule has 0 saturated heterocycles. The molecule has 0 atom stereocenters.